The molecular weight excluding hydrogens is 282 g/mol. The van der Waals surface area contributed by atoms with Gasteiger partial charge in [-0.25, -0.2) is 0 Å². The van der Waals surface area contributed by atoms with Gasteiger partial charge in [-0.15, -0.1) is 0 Å². The van der Waals surface area contributed by atoms with E-state index in [9.17, 15) is 9.90 Å². The molecule has 0 bridgehead atoms. The second kappa shape index (κ2) is 8.93. The van der Waals surface area contributed by atoms with Crippen LogP contribution in [0.25, 0.3) is 0 Å². The highest BCUT2D eigenvalue weighted by molar-refractivity contribution is 5.96. The van der Waals surface area contributed by atoms with Crippen molar-refractivity contribution in [2.75, 3.05) is 19.8 Å². The molecule has 0 aromatic carbocycles. The maximum absolute atomic E-state index is 12.3. The number of hydrogen-bond donors (Lipinski definition) is 1. The van der Waals surface area contributed by atoms with Gasteiger partial charge in [-0.2, -0.15) is 0 Å². The predicted molar refractivity (Wildman–Crippen MR) is 84.9 cm³/mol. The lowest BCUT2D eigenvalue weighted by Crippen LogP contribution is -2.30. The first-order valence-electron chi connectivity index (χ1n) is 8.38. The molecule has 0 saturated carbocycles. The number of rotatable bonds is 7. The van der Waals surface area contributed by atoms with E-state index in [4.69, 9.17) is 9.57 Å². The molecule has 1 aliphatic heterocycles. The number of aliphatic hydroxyl groups is 1. The van der Waals surface area contributed by atoms with Crippen molar-refractivity contribution in [3.63, 3.8) is 0 Å². The molecule has 5 nitrogen and oxygen atoms in total. The van der Waals surface area contributed by atoms with Gasteiger partial charge in [0.1, 0.15) is 6.61 Å². The van der Waals surface area contributed by atoms with Crippen molar-refractivity contribution in [3.8, 4) is 0 Å². The Bertz CT molecular complexity index is 424. The summed E-state index contributed by atoms with van der Waals surface area (Å²) in [5.41, 5.74) is 0.623. The zero-order valence-corrected chi connectivity index (χ0v) is 13.4. The van der Waals surface area contributed by atoms with Gasteiger partial charge in [0, 0.05) is 37.8 Å². The van der Waals surface area contributed by atoms with Gasteiger partial charge in [0.05, 0.1) is 5.76 Å². The number of oxime groups is 1. The second-order valence-corrected chi connectivity index (χ2v) is 6.09. The van der Waals surface area contributed by atoms with Crippen LogP contribution < -0.4 is 0 Å². The van der Waals surface area contributed by atoms with Gasteiger partial charge in [-0.3, -0.25) is 4.79 Å². The van der Waals surface area contributed by atoms with Gasteiger partial charge in [-0.1, -0.05) is 5.16 Å². The minimum absolute atomic E-state index is 0.112. The summed E-state index contributed by atoms with van der Waals surface area (Å²) in [4.78, 5) is 17.2. The number of ketones is 1. The molecule has 2 unspecified atom stereocenters. The van der Waals surface area contributed by atoms with Crippen molar-refractivity contribution in [2.24, 2.45) is 17.0 Å². The molecule has 0 radical (unpaired) electrons. The fraction of sp³-hybridized carbons (Fsp3) is 0.765. The van der Waals surface area contributed by atoms with Crippen LogP contribution in [0.1, 0.15) is 51.9 Å². The Morgan fingerprint density at radius 3 is 2.95 bits per heavy atom. The lowest BCUT2D eigenvalue weighted by Gasteiger charge is -2.32. The molecule has 2 atom stereocenters. The molecule has 5 heteroatoms. The van der Waals surface area contributed by atoms with Crippen LogP contribution in [0.15, 0.2) is 16.5 Å². The first-order chi connectivity index (χ1) is 10.7. The molecule has 1 fully saturated rings. The van der Waals surface area contributed by atoms with Crippen molar-refractivity contribution in [2.45, 2.75) is 51.9 Å². The molecule has 1 saturated heterocycles. The highest BCUT2D eigenvalue weighted by Crippen LogP contribution is 2.36. The number of ether oxygens (including phenoxy) is 1. The van der Waals surface area contributed by atoms with E-state index >= 15 is 0 Å². The number of Topliss-reactive ketones (excluding diaryl/α,β-unsaturated/α-hetero) is 1. The molecular formula is C17H27NO4. The largest absolute Gasteiger partial charge is 0.512 e. The van der Waals surface area contributed by atoms with E-state index in [1.807, 2.05) is 6.92 Å². The van der Waals surface area contributed by atoms with Crippen LogP contribution in [-0.2, 0) is 14.4 Å². The fourth-order valence-electron chi connectivity index (χ4n) is 3.27. The fourth-order valence-corrected chi connectivity index (χ4v) is 3.27. The molecule has 124 valence electrons. The molecule has 0 spiro atoms. The minimum Gasteiger partial charge on any atom is -0.512 e. The van der Waals surface area contributed by atoms with Gasteiger partial charge >= 0.3 is 0 Å². The van der Waals surface area contributed by atoms with Crippen LogP contribution in [0.4, 0.5) is 0 Å². The first kappa shape index (κ1) is 17.0. The van der Waals surface area contributed by atoms with E-state index in [1.54, 1.807) is 6.21 Å². The maximum Gasteiger partial charge on any atom is 0.162 e. The van der Waals surface area contributed by atoms with Gasteiger partial charge in [0.2, 0.25) is 0 Å². The smallest absolute Gasteiger partial charge is 0.162 e. The van der Waals surface area contributed by atoms with Crippen molar-refractivity contribution in [1.29, 1.82) is 0 Å². The summed E-state index contributed by atoms with van der Waals surface area (Å²) < 4.78 is 5.51. The van der Waals surface area contributed by atoms with Crippen LogP contribution in [0, 0.1) is 11.8 Å². The topological polar surface area (TPSA) is 68.1 Å². The van der Waals surface area contributed by atoms with Gasteiger partial charge in [0.25, 0.3) is 0 Å². The Labute approximate surface area is 132 Å². The maximum atomic E-state index is 12.3. The van der Waals surface area contributed by atoms with Crippen molar-refractivity contribution in [3.05, 3.63) is 11.3 Å². The van der Waals surface area contributed by atoms with Crippen molar-refractivity contribution < 1.29 is 19.5 Å². The first-order valence-corrected chi connectivity index (χ1v) is 8.38. The standard InChI is InChI=1S/C17H27NO4/c1-2-22-18-8-4-3-7-15-16(19)10-14(11-17(15)20)13-6-5-9-21-12-13/h8,13-14,19H,2-7,9-12H2,1H3. The lowest BCUT2D eigenvalue weighted by atomic mass is 9.76. The van der Waals surface area contributed by atoms with E-state index in [0.717, 1.165) is 38.9 Å². The quantitative estimate of drug-likeness (QED) is 0.444. The summed E-state index contributed by atoms with van der Waals surface area (Å²) in [6, 6.07) is 0. The number of unbranched alkanes of at least 4 members (excludes halogenated alkanes) is 1. The SMILES string of the molecule is CCON=CCCCC1=C(O)CC(C2CCCOC2)CC1=O. The average molecular weight is 309 g/mol. The Hall–Kier alpha value is -1.36. The van der Waals surface area contributed by atoms with E-state index in [-0.39, 0.29) is 11.7 Å². The number of allylic oxidation sites excluding steroid dienone is 2. The summed E-state index contributed by atoms with van der Waals surface area (Å²) in [7, 11) is 0. The zero-order chi connectivity index (χ0) is 15.8. The third-order valence-corrected chi connectivity index (χ3v) is 4.49. The molecule has 0 amide bonds. The number of carbonyl (C=O) groups excluding carboxylic acids is 1. The van der Waals surface area contributed by atoms with Gasteiger partial charge < -0.3 is 14.7 Å². The summed E-state index contributed by atoms with van der Waals surface area (Å²) in [6.07, 6.45) is 7.25. The summed E-state index contributed by atoms with van der Waals surface area (Å²) >= 11 is 0. The third-order valence-electron chi connectivity index (χ3n) is 4.49. The van der Waals surface area contributed by atoms with Crippen molar-refractivity contribution in [1.82, 2.24) is 0 Å². The molecule has 1 N–H and O–H groups in total. The Morgan fingerprint density at radius 1 is 1.41 bits per heavy atom. The third kappa shape index (κ3) is 4.83. The van der Waals surface area contributed by atoms with Crippen LogP contribution >= 0.6 is 0 Å². The van der Waals surface area contributed by atoms with Gasteiger partial charge in [-0.05, 0) is 50.9 Å². The van der Waals surface area contributed by atoms with Crippen LogP contribution in [0.3, 0.4) is 0 Å². The molecule has 22 heavy (non-hydrogen) atoms. The van der Waals surface area contributed by atoms with Crippen LogP contribution in [0.2, 0.25) is 0 Å². The molecule has 2 rings (SSSR count). The zero-order valence-electron chi connectivity index (χ0n) is 13.4. The minimum atomic E-state index is 0.112. The highest BCUT2D eigenvalue weighted by atomic mass is 16.6. The van der Waals surface area contributed by atoms with Crippen LogP contribution in [0.5, 0.6) is 0 Å². The number of nitrogens with zero attached hydrogens (tertiary/aromatic N) is 1. The van der Waals surface area contributed by atoms with Crippen LogP contribution in [-0.4, -0.2) is 36.9 Å². The molecule has 1 heterocycles. The Kier molecular flexibility index (Phi) is 6.90. The van der Waals surface area contributed by atoms with E-state index < -0.39 is 0 Å². The van der Waals surface area contributed by atoms with E-state index in [1.165, 1.54) is 0 Å². The highest BCUT2D eigenvalue weighted by Gasteiger charge is 2.33. The monoisotopic (exact) mass is 309 g/mol. The van der Waals surface area contributed by atoms with Gasteiger partial charge in [0.15, 0.2) is 5.78 Å². The van der Waals surface area contributed by atoms with E-state index in [0.29, 0.717) is 43.1 Å². The van der Waals surface area contributed by atoms with Crippen molar-refractivity contribution >= 4 is 12.0 Å². The number of aliphatic hydroxyl groups excluding tert-OH is 1. The van der Waals surface area contributed by atoms with E-state index in [2.05, 4.69) is 5.16 Å². The average Bonchev–Trinajstić information content (AvgIpc) is 2.53. The molecule has 0 aromatic rings. The number of hydrogen-bond acceptors (Lipinski definition) is 5. The molecule has 1 aliphatic carbocycles. The summed E-state index contributed by atoms with van der Waals surface area (Å²) in [6.45, 7) is 4.00. The predicted octanol–water partition coefficient (Wildman–Crippen LogP) is 3.40. The normalized spacial score (nSPS) is 26.7. The summed E-state index contributed by atoms with van der Waals surface area (Å²) in [5, 5.41) is 14.0. The number of carbonyl (C=O) groups is 1. The summed E-state index contributed by atoms with van der Waals surface area (Å²) in [5.74, 6) is 1.07. The molecule has 0 aromatic heterocycles. The Morgan fingerprint density at radius 2 is 2.27 bits per heavy atom. The lowest BCUT2D eigenvalue weighted by molar-refractivity contribution is -0.118. The molecule has 2 aliphatic rings. The second-order valence-electron chi connectivity index (χ2n) is 6.09. The Balaban J connectivity index is 1.82.